The molecule has 0 radical (unpaired) electrons. The Bertz CT molecular complexity index is 855. The first-order valence-corrected chi connectivity index (χ1v) is 8.19. The molecule has 0 saturated heterocycles. The molecular weight excluding hydrogens is 368 g/mol. The molecule has 0 spiro atoms. The third-order valence-corrected chi connectivity index (χ3v) is 3.71. The van der Waals surface area contributed by atoms with E-state index >= 15 is 0 Å². The average Bonchev–Trinajstić information content (AvgIpc) is 2.66. The fourth-order valence-corrected chi connectivity index (χ4v) is 2.17. The van der Waals surface area contributed by atoms with E-state index in [-0.39, 0.29) is 17.6 Å². The first-order valence-electron chi connectivity index (χ1n) is 8.19. The molecule has 0 heterocycles. The van der Waals surface area contributed by atoms with Crippen molar-refractivity contribution in [2.75, 3.05) is 0 Å². The van der Waals surface area contributed by atoms with Gasteiger partial charge in [0.1, 0.15) is 0 Å². The normalized spacial score (nSPS) is 12.4. The topological polar surface area (TPSA) is 116 Å². The third-order valence-electron chi connectivity index (χ3n) is 3.71. The van der Waals surface area contributed by atoms with Gasteiger partial charge in [-0.2, -0.15) is 0 Å². The molecule has 8 nitrogen and oxygen atoms in total. The number of rotatable bonds is 8. The highest BCUT2D eigenvalue weighted by molar-refractivity contribution is 5.92. The molecule has 2 aromatic rings. The lowest BCUT2D eigenvalue weighted by atomic mass is 10.1. The summed E-state index contributed by atoms with van der Waals surface area (Å²) in [7, 11) is 0. The maximum atomic E-state index is 12.2. The minimum Gasteiger partial charge on any atom is -0.478 e. The smallest absolute Gasteiger partial charge is 0.353 e. The minimum absolute atomic E-state index is 0.0894. The van der Waals surface area contributed by atoms with Crippen molar-refractivity contribution in [3.63, 3.8) is 0 Å². The molecular formula is C20H18O8. The van der Waals surface area contributed by atoms with Crippen molar-refractivity contribution in [2.45, 2.75) is 26.2 Å². The minimum atomic E-state index is -2.05. The number of carbonyl (C=O) groups excluding carboxylic acids is 3. The van der Waals surface area contributed by atoms with Gasteiger partial charge in [-0.25, -0.2) is 14.4 Å². The van der Waals surface area contributed by atoms with Gasteiger partial charge in [-0.05, 0) is 38.1 Å². The third kappa shape index (κ3) is 5.41. The lowest BCUT2D eigenvalue weighted by molar-refractivity contribution is -0.187. The van der Waals surface area contributed by atoms with E-state index in [2.05, 4.69) is 4.74 Å². The van der Waals surface area contributed by atoms with Crippen LogP contribution in [0.4, 0.5) is 0 Å². The highest BCUT2D eigenvalue weighted by Crippen LogP contribution is 2.14. The molecule has 0 unspecified atom stereocenters. The van der Waals surface area contributed by atoms with Crippen LogP contribution in [-0.2, 0) is 23.8 Å². The Labute approximate surface area is 160 Å². The predicted molar refractivity (Wildman–Crippen MR) is 95.5 cm³/mol. The first-order chi connectivity index (χ1) is 13.3. The maximum absolute atomic E-state index is 12.2. The van der Waals surface area contributed by atoms with Crippen LogP contribution in [0.5, 0.6) is 0 Å². The Balaban J connectivity index is 2.18. The van der Waals surface area contributed by atoms with E-state index in [0.29, 0.717) is 0 Å². The van der Waals surface area contributed by atoms with Crippen LogP contribution >= 0.6 is 0 Å². The second kappa shape index (κ2) is 9.31. The standard InChI is InChI=1S/C20H18O8/c1-12-3-7-14(8-4-12)18(24)27-16(17(22)23)20(26-11-21)28-19(25)15-9-5-13(2)6-10-15/h3-11,16,20H,1-2H3,(H,22,23)/t16-,20+/m1/s1. The fourth-order valence-electron chi connectivity index (χ4n) is 2.17. The van der Waals surface area contributed by atoms with Gasteiger partial charge in [0, 0.05) is 0 Å². The van der Waals surface area contributed by atoms with Crippen LogP contribution in [0.2, 0.25) is 0 Å². The van der Waals surface area contributed by atoms with Crippen molar-refractivity contribution in [3.8, 4) is 0 Å². The Morgan fingerprint density at radius 3 is 1.64 bits per heavy atom. The molecule has 2 atom stereocenters. The van der Waals surface area contributed by atoms with E-state index in [1.54, 1.807) is 24.3 Å². The zero-order chi connectivity index (χ0) is 20.7. The first kappa shape index (κ1) is 20.6. The Morgan fingerprint density at radius 2 is 1.25 bits per heavy atom. The van der Waals surface area contributed by atoms with E-state index in [4.69, 9.17) is 9.47 Å². The molecule has 0 aromatic heterocycles. The molecule has 0 bridgehead atoms. The number of esters is 2. The summed E-state index contributed by atoms with van der Waals surface area (Å²) in [5.41, 5.74) is 1.99. The van der Waals surface area contributed by atoms with Gasteiger partial charge in [-0.1, -0.05) is 35.4 Å². The van der Waals surface area contributed by atoms with Crippen LogP contribution in [0.3, 0.4) is 0 Å². The molecule has 0 fully saturated rings. The number of benzene rings is 2. The largest absolute Gasteiger partial charge is 0.478 e. The number of aryl methyl sites for hydroxylation is 2. The molecule has 2 rings (SSSR count). The van der Waals surface area contributed by atoms with Crippen LogP contribution in [0.1, 0.15) is 31.8 Å². The Morgan fingerprint density at radius 1 is 0.821 bits per heavy atom. The fraction of sp³-hybridized carbons (Fsp3) is 0.200. The summed E-state index contributed by atoms with van der Waals surface area (Å²) in [5, 5.41) is 9.37. The Hall–Kier alpha value is -3.68. The van der Waals surface area contributed by atoms with Crippen molar-refractivity contribution >= 4 is 24.4 Å². The summed E-state index contributed by atoms with van der Waals surface area (Å²) >= 11 is 0. The number of carboxylic acids is 1. The van der Waals surface area contributed by atoms with Gasteiger partial charge >= 0.3 is 17.9 Å². The zero-order valence-corrected chi connectivity index (χ0v) is 15.2. The molecule has 0 aliphatic carbocycles. The summed E-state index contributed by atoms with van der Waals surface area (Å²) in [4.78, 5) is 46.7. The van der Waals surface area contributed by atoms with E-state index in [1.807, 2.05) is 13.8 Å². The zero-order valence-electron chi connectivity index (χ0n) is 15.2. The molecule has 2 aromatic carbocycles. The number of carbonyl (C=O) groups is 4. The van der Waals surface area contributed by atoms with Crippen molar-refractivity contribution in [1.29, 1.82) is 0 Å². The number of hydrogen-bond donors (Lipinski definition) is 1. The highest BCUT2D eigenvalue weighted by atomic mass is 16.7. The second-order valence-electron chi connectivity index (χ2n) is 5.90. The number of hydrogen-bond acceptors (Lipinski definition) is 7. The molecule has 28 heavy (non-hydrogen) atoms. The number of carboxylic acid groups (broad SMARTS) is 1. The lowest BCUT2D eigenvalue weighted by Crippen LogP contribution is -2.42. The highest BCUT2D eigenvalue weighted by Gasteiger charge is 2.37. The average molecular weight is 386 g/mol. The van der Waals surface area contributed by atoms with Gasteiger partial charge in [-0.3, -0.25) is 4.79 Å². The summed E-state index contributed by atoms with van der Waals surface area (Å²) < 4.78 is 14.4. The number of aliphatic carboxylic acids is 1. The predicted octanol–water partition coefficient (Wildman–Crippen LogP) is 2.27. The SMILES string of the molecule is Cc1ccc(C(=O)O[C@H](OC=O)[C@H](OC(=O)c2ccc(C)cc2)C(=O)O)cc1. The Kier molecular flexibility index (Phi) is 6.86. The quantitative estimate of drug-likeness (QED) is 0.417. The van der Waals surface area contributed by atoms with E-state index in [1.165, 1.54) is 24.3 Å². The van der Waals surface area contributed by atoms with Gasteiger partial charge in [0.15, 0.2) is 0 Å². The van der Waals surface area contributed by atoms with Crippen molar-refractivity contribution < 1.29 is 38.5 Å². The molecule has 0 aliphatic heterocycles. The molecule has 0 saturated carbocycles. The molecule has 8 heteroatoms. The van der Waals surface area contributed by atoms with Crippen LogP contribution in [0.15, 0.2) is 48.5 Å². The molecule has 1 N–H and O–H groups in total. The van der Waals surface area contributed by atoms with Crippen LogP contribution in [-0.4, -0.2) is 41.9 Å². The molecule has 146 valence electrons. The summed E-state index contributed by atoms with van der Waals surface area (Å²) in [5.74, 6) is -3.56. The molecule has 0 amide bonds. The van der Waals surface area contributed by atoms with Crippen molar-refractivity contribution in [2.24, 2.45) is 0 Å². The number of ether oxygens (including phenoxy) is 3. The van der Waals surface area contributed by atoms with Crippen LogP contribution in [0.25, 0.3) is 0 Å². The van der Waals surface area contributed by atoms with Gasteiger partial charge in [0.05, 0.1) is 11.1 Å². The van der Waals surface area contributed by atoms with E-state index in [0.717, 1.165) is 11.1 Å². The van der Waals surface area contributed by atoms with Gasteiger partial charge in [0.2, 0.25) is 0 Å². The van der Waals surface area contributed by atoms with E-state index in [9.17, 15) is 24.3 Å². The summed E-state index contributed by atoms with van der Waals surface area (Å²) in [6.07, 6.45) is -4.01. The van der Waals surface area contributed by atoms with Crippen molar-refractivity contribution in [3.05, 3.63) is 70.8 Å². The molecule has 0 aliphatic rings. The van der Waals surface area contributed by atoms with Crippen LogP contribution in [0, 0.1) is 13.8 Å². The van der Waals surface area contributed by atoms with Gasteiger partial charge in [-0.15, -0.1) is 0 Å². The van der Waals surface area contributed by atoms with Crippen LogP contribution < -0.4 is 0 Å². The lowest BCUT2D eigenvalue weighted by Gasteiger charge is -2.22. The summed E-state index contributed by atoms with van der Waals surface area (Å²) in [6, 6.07) is 12.4. The maximum Gasteiger partial charge on any atom is 0.353 e. The van der Waals surface area contributed by atoms with E-state index < -0.39 is 30.3 Å². The second-order valence-corrected chi connectivity index (χ2v) is 5.90. The van der Waals surface area contributed by atoms with Gasteiger partial charge in [0.25, 0.3) is 18.9 Å². The monoisotopic (exact) mass is 386 g/mol. The van der Waals surface area contributed by atoms with Crippen molar-refractivity contribution in [1.82, 2.24) is 0 Å². The summed E-state index contributed by atoms with van der Waals surface area (Å²) in [6.45, 7) is 3.54. The van der Waals surface area contributed by atoms with Gasteiger partial charge < -0.3 is 19.3 Å².